The van der Waals surface area contributed by atoms with E-state index >= 15 is 0 Å². The molecule has 0 saturated carbocycles. The summed E-state index contributed by atoms with van der Waals surface area (Å²) in [6, 6.07) is 6.50. The summed E-state index contributed by atoms with van der Waals surface area (Å²) in [6.07, 6.45) is 4.23. The molecule has 1 amide bonds. The first-order valence-electron chi connectivity index (χ1n) is 10.2. The van der Waals surface area contributed by atoms with Crippen LogP contribution in [0.15, 0.2) is 36.7 Å². The van der Waals surface area contributed by atoms with Gasteiger partial charge in [0.15, 0.2) is 0 Å². The summed E-state index contributed by atoms with van der Waals surface area (Å²) in [5, 5.41) is 6.29. The van der Waals surface area contributed by atoms with Crippen molar-refractivity contribution in [3.63, 3.8) is 0 Å². The van der Waals surface area contributed by atoms with Crippen LogP contribution in [-0.4, -0.2) is 42.7 Å². The van der Waals surface area contributed by atoms with Gasteiger partial charge in [-0.3, -0.25) is 0 Å². The third-order valence-corrected chi connectivity index (χ3v) is 8.17. The standard InChI is InChI=1S/C22H22FIN5O3/c1-31-21-13(23)4-2-5-15(21)28-20-17-19-14(10-26-22(17)30)24-27-7-3-9-32-16-11-25-8-6-12(16)18(20)29-19/h2,4-6,8,11,14,27-29H,3,7,9-10H2,1H3,(H,26,30)/q-1/t14-/m0/s1. The summed E-state index contributed by atoms with van der Waals surface area (Å²) in [6.45, 7) is 1.98. The first-order chi connectivity index (χ1) is 15.7. The Labute approximate surface area is 194 Å². The molecule has 0 radical (unpaired) electrons. The van der Waals surface area contributed by atoms with Crippen molar-refractivity contribution in [2.45, 2.75) is 10.3 Å². The monoisotopic (exact) mass is 550 g/mol. The van der Waals surface area contributed by atoms with E-state index in [2.05, 4.69) is 24.1 Å². The minimum atomic E-state index is -0.486. The van der Waals surface area contributed by atoms with Crippen molar-refractivity contribution in [1.82, 2.24) is 18.8 Å². The predicted molar refractivity (Wildman–Crippen MR) is 113 cm³/mol. The maximum absolute atomic E-state index is 14.4. The van der Waals surface area contributed by atoms with Crippen LogP contribution in [0.1, 0.15) is 26.4 Å². The number of carbonyl (C=O) groups excluding carboxylic acids is 1. The Morgan fingerprint density at radius 3 is 3.12 bits per heavy atom. The van der Waals surface area contributed by atoms with Crippen molar-refractivity contribution in [2.24, 2.45) is 0 Å². The van der Waals surface area contributed by atoms with Crippen LogP contribution in [0.4, 0.5) is 15.8 Å². The fraction of sp³-hybridized carbons (Fsp3) is 0.273. The number of carbonyl (C=O) groups is 1. The van der Waals surface area contributed by atoms with Crippen LogP contribution < -0.4 is 45.1 Å². The van der Waals surface area contributed by atoms with Gasteiger partial charge < -0.3 is 0 Å². The number of aromatic nitrogens is 2. The molecule has 10 heteroatoms. The maximum atomic E-state index is 14.4. The molecule has 0 fully saturated rings. The van der Waals surface area contributed by atoms with Gasteiger partial charge in [0.25, 0.3) is 0 Å². The number of halogens is 2. The van der Waals surface area contributed by atoms with Crippen molar-refractivity contribution in [3.05, 3.63) is 53.7 Å². The number of para-hydroxylation sites is 1. The van der Waals surface area contributed by atoms with Crippen molar-refractivity contribution in [2.75, 3.05) is 32.1 Å². The Morgan fingerprint density at radius 1 is 1.34 bits per heavy atom. The third kappa shape index (κ3) is 3.77. The van der Waals surface area contributed by atoms with Crippen LogP contribution in [-0.2, 0) is 0 Å². The normalized spacial score (nSPS) is 18.1. The molecule has 3 aromatic rings. The molecule has 32 heavy (non-hydrogen) atoms. The zero-order valence-corrected chi connectivity index (χ0v) is 19.5. The Balaban J connectivity index is 1.73. The Kier molecular flexibility index (Phi) is 5.87. The Bertz CT molecular complexity index is 1170. The summed E-state index contributed by atoms with van der Waals surface area (Å²) in [5.74, 6) is 0.0404. The fourth-order valence-corrected chi connectivity index (χ4v) is 6.35. The molecule has 0 aliphatic carbocycles. The summed E-state index contributed by atoms with van der Waals surface area (Å²) >= 11 is -0.418. The predicted octanol–water partition coefficient (Wildman–Crippen LogP) is 0.129. The SMILES string of the molecule is COc1c(F)cccc1Nc1c2[nH]c3c1C(=O)NC[C@@H]3[I-]NCCCOc1cnccc1-2. The third-order valence-electron chi connectivity index (χ3n) is 5.38. The van der Waals surface area contributed by atoms with Crippen LogP contribution in [0.25, 0.3) is 11.3 Å². The van der Waals surface area contributed by atoms with Gasteiger partial charge in [-0.25, -0.2) is 0 Å². The van der Waals surface area contributed by atoms with Crippen molar-refractivity contribution >= 4 is 17.3 Å². The molecule has 0 unspecified atom stereocenters. The number of pyridine rings is 1. The van der Waals surface area contributed by atoms with Crippen LogP contribution in [0.2, 0.25) is 0 Å². The molecule has 2 aliphatic heterocycles. The van der Waals surface area contributed by atoms with Gasteiger partial charge in [-0.2, -0.15) is 0 Å². The molecular formula is C22H22FIN5O3-. The van der Waals surface area contributed by atoms with Crippen molar-refractivity contribution in [1.29, 1.82) is 0 Å². The molecule has 2 aromatic heterocycles. The molecule has 0 spiro atoms. The average Bonchev–Trinajstić information content (AvgIpc) is 3.17. The number of benzene rings is 1. The average molecular weight is 550 g/mol. The van der Waals surface area contributed by atoms with Crippen LogP contribution in [0, 0.1) is 5.82 Å². The molecule has 4 heterocycles. The quantitative estimate of drug-likeness (QED) is 0.210. The van der Waals surface area contributed by atoms with E-state index in [1.165, 1.54) is 13.2 Å². The number of methoxy groups -OCH3 is 1. The number of nitrogens with one attached hydrogen (secondary N) is 4. The van der Waals surface area contributed by atoms with E-state index in [4.69, 9.17) is 9.47 Å². The molecular weight excluding hydrogens is 528 g/mol. The van der Waals surface area contributed by atoms with E-state index in [9.17, 15) is 9.18 Å². The van der Waals surface area contributed by atoms with Gasteiger partial charge in [0.05, 0.1) is 0 Å². The fourth-order valence-electron chi connectivity index (χ4n) is 3.90. The number of hydrogen-bond acceptors (Lipinski definition) is 6. The van der Waals surface area contributed by atoms with Gasteiger partial charge in [-0.05, 0) is 0 Å². The Morgan fingerprint density at radius 2 is 2.25 bits per heavy atom. The van der Waals surface area contributed by atoms with E-state index < -0.39 is 27.3 Å². The van der Waals surface area contributed by atoms with Gasteiger partial charge in [0.1, 0.15) is 0 Å². The van der Waals surface area contributed by atoms with Gasteiger partial charge in [-0.1, -0.05) is 0 Å². The van der Waals surface area contributed by atoms with Crippen LogP contribution in [0.3, 0.4) is 0 Å². The first-order valence-corrected chi connectivity index (χ1v) is 12.6. The van der Waals surface area contributed by atoms with Crippen LogP contribution >= 0.6 is 0 Å². The Hall–Kier alpha value is -2.86. The topological polar surface area (TPSA) is 100 Å². The number of fused-ring (bicyclic) bond motifs is 3. The van der Waals surface area contributed by atoms with Gasteiger partial charge in [0, 0.05) is 0 Å². The number of nitrogens with zero attached hydrogens (tertiary/aromatic N) is 1. The first kappa shape index (κ1) is 21.0. The van der Waals surface area contributed by atoms with Crippen LogP contribution in [0.5, 0.6) is 11.5 Å². The second-order valence-corrected chi connectivity index (χ2v) is 10.2. The van der Waals surface area contributed by atoms with E-state index in [1.807, 2.05) is 6.07 Å². The molecule has 4 N–H and O–H groups in total. The number of aromatic amines is 1. The number of rotatable bonds is 3. The number of anilines is 2. The molecule has 0 saturated heterocycles. The number of ether oxygens (including phenoxy) is 2. The molecule has 2 aliphatic rings. The van der Waals surface area contributed by atoms with E-state index in [-0.39, 0.29) is 15.6 Å². The second-order valence-electron chi connectivity index (χ2n) is 7.35. The molecule has 2 bridgehead atoms. The van der Waals surface area contributed by atoms with Crippen molar-refractivity contribution in [3.8, 4) is 22.8 Å². The van der Waals surface area contributed by atoms with Gasteiger partial charge in [-0.15, -0.1) is 0 Å². The number of alkyl halides is 1. The van der Waals surface area contributed by atoms with E-state index in [0.717, 1.165) is 24.2 Å². The van der Waals surface area contributed by atoms with Gasteiger partial charge >= 0.3 is 195 Å². The van der Waals surface area contributed by atoms with Crippen molar-refractivity contribution < 1.29 is 40.1 Å². The molecule has 1 aromatic carbocycles. The second kappa shape index (κ2) is 8.94. The summed E-state index contributed by atoms with van der Waals surface area (Å²) in [5.41, 5.74) is 3.89. The minimum absolute atomic E-state index is 0.0828. The summed E-state index contributed by atoms with van der Waals surface area (Å²) < 4.78 is 29.4. The zero-order chi connectivity index (χ0) is 22.1. The molecule has 5 rings (SSSR count). The zero-order valence-electron chi connectivity index (χ0n) is 17.3. The van der Waals surface area contributed by atoms with E-state index in [1.54, 1.807) is 24.5 Å². The van der Waals surface area contributed by atoms with Gasteiger partial charge in [0.2, 0.25) is 0 Å². The summed E-state index contributed by atoms with van der Waals surface area (Å²) in [7, 11) is 1.42. The number of hydrogen-bond donors (Lipinski definition) is 4. The summed E-state index contributed by atoms with van der Waals surface area (Å²) in [4.78, 5) is 20.7. The molecule has 168 valence electrons. The van der Waals surface area contributed by atoms with E-state index in [0.29, 0.717) is 41.5 Å². The number of H-pyrrole nitrogens is 1. The number of amides is 1. The molecule has 1 atom stereocenters. The molecule has 8 nitrogen and oxygen atoms in total.